The number of carbonyl (C=O) groups excluding carboxylic acids is 2. The van der Waals surface area contributed by atoms with Crippen molar-refractivity contribution in [1.82, 2.24) is 10.6 Å². The number of rotatable bonds is 6. The second-order valence-electron chi connectivity index (χ2n) is 6.91. The molecule has 1 aliphatic rings. The summed E-state index contributed by atoms with van der Waals surface area (Å²) in [5, 5.41) is 5.60. The van der Waals surface area contributed by atoms with Gasteiger partial charge in [-0.15, -0.1) is 0 Å². The summed E-state index contributed by atoms with van der Waals surface area (Å²) in [5.41, 5.74) is 4.06. The predicted molar refractivity (Wildman–Crippen MR) is 105 cm³/mol. The molecule has 2 amide bonds. The number of nitrogens with one attached hydrogen (secondary N) is 2. The van der Waals surface area contributed by atoms with Crippen LogP contribution in [0.15, 0.2) is 42.5 Å². The van der Waals surface area contributed by atoms with Crippen molar-refractivity contribution in [3.8, 4) is 5.75 Å². The molecule has 0 heterocycles. The summed E-state index contributed by atoms with van der Waals surface area (Å²) in [5.74, 6) is 1.03. The molecule has 0 saturated heterocycles. The van der Waals surface area contributed by atoms with Gasteiger partial charge in [0.15, 0.2) is 0 Å². The van der Waals surface area contributed by atoms with E-state index in [0.29, 0.717) is 18.5 Å². The maximum atomic E-state index is 12.5. The third-order valence-electron chi connectivity index (χ3n) is 5.13. The lowest BCUT2D eigenvalue weighted by Crippen LogP contribution is -2.26. The Morgan fingerprint density at radius 3 is 2.81 bits per heavy atom. The lowest BCUT2D eigenvalue weighted by atomic mass is 9.81. The first-order chi connectivity index (χ1) is 13.1. The standard InChI is InChI=1S/C22H26N2O3/c1-23-22(26)18-8-3-5-15(11-18)14-24-21(25)13-17-7-4-6-16-12-19(27-2)9-10-20(16)17/h3,5,8-12,17H,4,6-7,13-14H2,1-2H3,(H,23,26)(H,24,25). The maximum absolute atomic E-state index is 12.5. The molecule has 3 rings (SSSR count). The zero-order chi connectivity index (χ0) is 19.2. The molecule has 2 aromatic carbocycles. The fraction of sp³-hybridized carbons (Fsp3) is 0.364. The highest BCUT2D eigenvalue weighted by Gasteiger charge is 2.23. The SMILES string of the molecule is CNC(=O)c1cccc(CNC(=O)CC2CCCc3cc(OC)ccc32)c1. The van der Waals surface area contributed by atoms with Crippen LogP contribution < -0.4 is 15.4 Å². The third-order valence-corrected chi connectivity index (χ3v) is 5.13. The summed E-state index contributed by atoms with van der Waals surface area (Å²) >= 11 is 0. The quantitative estimate of drug-likeness (QED) is 0.825. The largest absolute Gasteiger partial charge is 0.497 e. The van der Waals surface area contributed by atoms with Gasteiger partial charge in [-0.25, -0.2) is 0 Å². The molecule has 5 heteroatoms. The molecule has 142 valence electrons. The lowest BCUT2D eigenvalue weighted by Gasteiger charge is -2.25. The summed E-state index contributed by atoms with van der Waals surface area (Å²) in [7, 11) is 3.28. The van der Waals surface area contributed by atoms with Crippen molar-refractivity contribution in [2.45, 2.75) is 38.1 Å². The smallest absolute Gasteiger partial charge is 0.251 e. The van der Waals surface area contributed by atoms with Crippen LogP contribution >= 0.6 is 0 Å². The molecule has 1 unspecified atom stereocenters. The van der Waals surface area contributed by atoms with Crippen LogP contribution in [0.3, 0.4) is 0 Å². The van der Waals surface area contributed by atoms with Crippen LogP contribution in [0.2, 0.25) is 0 Å². The van der Waals surface area contributed by atoms with Gasteiger partial charge in [0.05, 0.1) is 7.11 Å². The molecule has 27 heavy (non-hydrogen) atoms. The molecule has 1 atom stereocenters. The van der Waals surface area contributed by atoms with E-state index in [1.165, 1.54) is 11.1 Å². The third kappa shape index (κ3) is 4.67. The van der Waals surface area contributed by atoms with Crippen molar-refractivity contribution in [1.29, 1.82) is 0 Å². The number of fused-ring (bicyclic) bond motifs is 1. The summed E-state index contributed by atoms with van der Waals surface area (Å²) in [6, 6.07) is 13.5. The van der Waals surface area contributed by atoms with Gasteiger partial charge in [-0.3, -0.25) is 9.59 Å². The van der Waals surface area contributed by atoms with Gasteiger partial charge in [-0.1, -0.05) is 18.2 Å². The second kappa shape index (κ2) is 8.71. The normalized spacial score (nSPS) is 15.6. The Kier molecular flexibility index (Phi) is 6.12. The molecule has 5 nitrogen and oxygen atoms in total. The van der Waals surface area contributed by atoms with Gasteiger partial charge < -0.3 is 15.4 Å². The van der Waals surface area contributed by atoms with Crippen LogP contribution in [0.5, 0.6) is 5.75 Å². The number of ether oxygens (including phenoxy) is 1. The average molecular weight is 366 g/mol. The first-order valence-electron chi connectivity index (χ1n) is 9.35. The van der Waals surface area contributed by atoms with Gasteiger partial charge in [0, 0.05) is 25.6 Å². The minimum absolute atomic E-state index is 0.0361. The molecule has 0 saturated carbocycles. The van der Waals surface area contributed by atoms with E-state index in [1.807, 2.05) is 18.2 Å². The fourth-order valence-electron chi connectivity index (χ4n) is 3.69. The predicted octanol–water partition coefficient (Wildman–Crippen LogP) is 3.18. The highest BCUT2D eigenvalue weighted by molar-refractivity contribution is 5.94. The minimum Gasteiger partial charge on any atom is -0.497 e. The molecular formula is C22H26N2O3. The number of aryl methyl sites for hydroxylation is 1. The van der Waals surface area contributed by atoms with Gasteiger partial charge in [-0.2, -0.15) is 0 Å². The van der Waals surface area contributed by atoms with Gasteiger partial charge in [0.25, 0.3) is 5.91 Å². The number of amides is 2. The Balaban J connectivity index is 1.60. The molecule has 0 radical (unpaired) electrons. The maximum Gasteiger partial charge on any atom is 0.251 e. The fourth-order valence-corrected chi connectivity index (χ4v) is 3.69. The van der Waals surface area contributed by atoms with E-state index in [1.54, 1.807) is 26.3 Å². The number of methoxy groups -OCH3 is 1. The van der Waals surface area contributed by atoms with Crippen molar-refractivity contribution in [3.05, 3.63) is 64.7 Å². The van der Waals surface area contributed by atoms with E-state index < -0.39 is 0 Å². The lowest BCUT2D eigenvalue weighted by molar-refractivity contribution is -0.121. The average Bonchev–Trinajstić information content (AvgIpc) is 2.71. The van der Waals surface area contributed by atoms with Gasteiger partial charge >= 0.3 is 0 Å². The topological polar surface area (TPSA) is 67.4 Å². The van der Waals surface area contributed by atoms with Crippen LogP contribution in [0.4, 0.5) is 0 Å². The van der Waals surface area contributed by atoms with Crippen LogP contribution in [-0.4, -0.2) is 26.0 Å². The summed E-state index contributed by atoms with van der Waals surface area (Å²) in [4.78, 5) is 24.2. The highest BCUT2D eigenvalue weighted by Crippen LogP contribution is 2.35. The van der Waals surface area contributed by atoms with Gasteiger partial charge in [-0.05, 0) is 66.1 Å². The first-order valence-corrected chi connectivity index (χ1v) is 9.35. The number of hydrogen-bond acceptors (Lipinski definition) is 3. The van der Waals surface area contributed by atoms with Crippen molar-refractivity contribution in [2.24, 2.45) is 0 Å². The Morgan fingerprint density at radius 1 is 1.19 bits per heavy atom. The number of benzene rings is 2. The van der Waals surface area contributed by atoms with Crippen molar-refractivity contribution in [2.75, 3.05) is 14.2 Å². The van der Waals surface area contributed by atoms with Crippen LogP contribution in [-0.2, 0) is 17.8 Å². The van der Waals surface area contributed by atoms with Crippen molar-refractivity contribution < 1.29 is 14.3 Å². The Hall–Kier alpha value is -2.82. The summed E-state index contributed by atoms with van der Waals surface area (Å²) in [6.07, 6.45) is 3.64. The van der Waals surface area contributed by atoms with Crippen LogP contribution in [0.25, 0.3) is 0 Å². The number of hydrogen-bond donors (Lipinski definition) is 2. The summed E-state index contributed by atoms with van der Waals surface area (Å²) < 4.78 is 5.31. The van der Waals surface area contributed by atoms with E-state index in [0.717, 1.165) is 30.6 Å². The van der Waals surface area contributed by atoms with E-state index in [2.05, 4.69) is 22.8 Å². The summed E-state index contributed by atoms with van der Waals surface area (Å²) in [6.45, 7) is 0.422. The minimum atomic E-state index is -0.127. The zero-order valence-electron chi connectivity index (χ0n) is 15.9. The van der Waals surface area contributed by atoms with Crippen LogP contribution in [0, 0.1) is 0 Å². The monoisotopic (exact) mass is 366 g/mol. The number of carbonyl (C=O) groups is 2. The molecular weight excluding hydrogens is 340 g/mol. The van der Waals surface area contributed by atoms with Gasteiger partial charge in [0.2, 0.25) is 5.91 Å². The van der Waals surface area contributed by atoms with E-state index in [-0.39, 0.29) is 17.7 Å². The van der Waals surface area contributed by atoms with E-state index in [9.17, 15) is 9.59 Å². The molecule has 2 aromatic rings. The molecule has 0 bridgehead atoms. The van der Waals surface area contributed by atoms with Gasteiger partial charge in [0.1, 0.15) is 5.75 Å². The Labute approximate surface area is 160 Å². The molecule has 0 aromatic heterocycles. The van der Waals surface area contributed by atoms with Crippen LogP contribution in [0.1, 0.15) is 52.2 Å². The molecule has 1 aliphatic carbocycles. The molecule has 0 fully saturated rings. The van der Waals surface area contributed by atoms with E-state index in [4.69, 9.17) is 4.74 Å². The molecule has 0 aliphatic heterocycles. The molecule has 2 N–H and O–H groups in total. The Morgan fingerprint density at radius 2 is 2.04 bits per heavy atom. The zero-order valence-corrected chi connectivity index (χ0v) is 15.9. The van der Waals surface area contributed by atoms with E-state index >= 15 is 0 Å². The molecule has 0 spiro atoms. The van der Waals surface area contributed by atoms with Crippen molar-refractivity contribution >= 4 is 11.8 Å². The highest BCUT2D eigenvalue weighted by atomic mass is 16.5. The first kappa shape index (κ1) is 19.0. The second-order valence-corrected chi connectivity index (χ2v) is 6.91. The van der Waals surface area contributed by atoms with Crippen molar-refractivity contribution in [3.63, 3.8) is 0 Å². The Bertz CT molecular complexity index is 832.